The molecule has 0 saturated heterocycles. The van der Waals surface area contributed by atoms with Gasteiger partial charge in [0.1, 0.15) is 6.07 Å². The highest BCUT2D eigenvalue weighted by atomic mass is 127. The Labute approximate surface area is 845 Å². The first-order valence-electron chi connectivity index (χ1n) is 37.3. The van der Waals surface area contributed by atoms with Gasteiger partial charge in [-0.05, 0) is 325 Å². The summed E-state index contributed by atoms with van der Waals surface area (Å²) in [4.78, 5) is 78.4. The van der Waals surface area contributed by atoms with Crippen LogP contribution in [0, 0.1) is 32.8 Å². The number of nitrogen functional groups attached to an aromatic ring is 2. The molecule has 132 heavy (non-hydrogen) atoms. The molecule has 0 aliphatic heterocycles. The molecule has 5 heterocycles. The maximum absolute atomic E-state index is 11.7. The van der Waals surface area contributed by atoms with Gasteiger partial charge in [0.25, 0.3) is 29.5 Å². The van der Waals surface area contributed by atoms with Crippen molar-refractivity contribution in [2.75, 3.05) is 34.6 Å². The zero-order valence-corrected chi connectivity index (χ0v) is 84.9. The Hall–Kier alpha value is -10.9. The van der Waals surface area contributed by atoms with E-state index in [1.807, 2.05) is 139 Å². The Morgan fingerprint density at radius 2 is 0.864 bits per heavy atom. The minimum absolute atomic E-state index is 0. The largest absolute Gasteiger partial charge is 0.488 e. The highest BCUT2D eigenvalue weighted by molar-refractivity contribution is 14.1. The van der Waals surface area contributed by atoms with Crippen molar-refractivity contribution in [1.82, 2.24) is 51.0 Å². The van der Waals surface area contributed by atoms with Gasteiger partial charge in [0.05, 0.1) is 65.1 Å². The molecule has 0 aliphatic rings. The lowest BCUT2D eigenvalue weighted by Gasteiger charge is -2.15. The number of carboxylic acid groups (broad SMARTS) is 1. The Balaban J connectivity index is 0.000000318. The average Bonchev–Trinajstić information content (AvgIpc) is 0.799. The molecule has 9 aromatic carbocycles. The number of carbonyl (C=O) groups excluding carboxylic acids is 5. The molecule has 22 N–H and O–H groups in total. The molecule has 0 bridgehead atoms. The second-order valence-corrected chi connectivity index (χ2v) is 39.7. The number of benzene rings is 9. The van der Waals surface area contributed by atoms with Gasteiger partial charge in [0.15, 0.2) is 42.5 Å². The van der Waals surface area contributed by atoms with E-state index in [9.17, 15) is 50.4 Å². The summed E-state index contributed by atoms with van der Waals surface area (Å²) in [5, 5.41) is 89.2. The highest BCUT2D eigenvalue weighted by Crippen LogP contribution is 2.32. The summed E-state index contributed by atoms with van der Waals surface area (Å²) in [6, 6.07) is 55.5. The number of azo groups is 1. The maximum atomic E-state index is 11.7. The van der Waals surface area contributed by atoms with Crippen LogP contribution in [-0.2, 0) is 24.5 Å². The van der Waals surface area contributed by atoms with Crippen molar-refractivity contribution in [2.24, 2.45) is 44.6 Å². The van der Waals surface area contributed by atoms with Gasteiger partial charge in [-0.25, -0.2) is 21.6 Å². The monoisotopic (exact) mass is 2530 g/mol. The highest BCUT2D eigenvalue weighted by Gasteiger charge is 2.22. The smallest absolute Gasteiger partial charge is 0.476 e. The molecule has 1 atom stereocenters. The SMILES string of the molecule is C.C.CC(C)N.CC(C)Nc1c(C(N)=O)nnc2cc(-c3ccc(S(C)(=O)=O)cc3)ccc12.CC(C)Nc1c(C(N)=O)nnc2cc(I)ccc12.CS(=O)(=O)c1ccc(B(O)O)cc1.N#CC(N=Nc1cccc(I)c1)C(N)=O.NC(=O)c1nnc2cc(I)ccc2c1Cl.NC(=O)c1nnc2cc(I)ccc2c1N.Nc1cccc(I)c1.O=C(O)c1n[nH]c2cc(I)ccc2c1=O. The summed E-state index contributed by atoms with van der Waals surface area (Å²) < 4.78 is 51.4. The molecule has 0 saturated carbocycles. The molecule has 5 aromatic heterocycles. The second-order valence-electron chi connectivity index (χ2n) is 27.8. The third-order valence-corrected chi connectivity index (χ3v) is 22.9. The van der Waals surface area contributed by atoms with Crippen LogP contribution in [0.25, 0.3) is 65.6 Å². The van der Waals surface area contributed by atoms with E-state index >= 15 is 0 Å². The van der Waals surface area contributed by atoms with E-state index in [0.717, 1.165) is 57.2 Å². The van der Waals surface area contributed by atoms with E-state index in [1.54, 1.807) is 72.8 Å². The van der Waals surface area contributed by atoms with E-state index in [4.69, 9.17) is 77.9 Å². The summed E-state index contributed by atoms with van der Waals surface area (Å²) in [5.41, 5.74) is 49.6. The predicted molar refractivity (Wildman–Crippen MR) is 566 cm³/mol. The van der Waals surface area contributed by atoms with Gasteiger partial charge >= 0.3 is 13.1 Å². The first-order chi connectivity index (χ1) is 61.0. The van der Waals surface area contributed by atoms with E-state index in [-0.39, 0.29) is 75.7 Å². The number of H-pyrrole nitrogens is 1. The number of primary amides is 5. The molecular weight excluding hydrogens is 2440 g/mol. The van der Waals surface area contributed by atoms with Gasteiger partial charge in [-0.1, -0.05) is 88.8 Å². The van der Waals surface area contributed by atoms with E-state index in [2.05, 4.69) is 207 Å². The Morgan fingerprint density at radius 3 is 1.27 bits per heavy atom. The Kier molecular flexibility index (Phi) is 45.6. The second kappa shape index (κ2) is 53.1. The first-order valence-corrected chi connectivity index (χ1v) is 47.9. The molecule has 14 rings (SSSR count). The lowest BCUT2D eigenvalue weighted by Crippen LogP contribution is -2.29. The number of nitrogens with one attached hydrogen (secondary N) is 3. The lowest BCUT2D eigenvalue weighted by molar-refractivity contribution is -0.118. The zero-order chi connectivity index (χ0) is 96.9. The summed E-state index contributed by atoms with van der Waals surface area (Å²) in [7, 11) is -8.01. The molecule has 37 nitrogen and oxygen atoms in total. The molecule has 14 aromatic rings. The molecule has 1 unspecified atom stereocenters. The number of carbonyl (C=O) groups is 6. The maximum Gasteiger partial charge on any atom is 0.488 e. The van der Waals surface area contributed by atoms with Crippen molar-refractivity contribution >= 4 is 298 Å². The number of nitrogens with two attached hydrogens (primary N) is 8. The van der Waals surface area contributed by atoms with Gasteiger partial charge in [0.2, 0.25) is 17.2 Å². The number of fused-ring (bicyclic) bond motifs is 5. The zero-order valence-electron chi connectivity index (χ0n) is 69.6. The third kappa shape index (κ3) is 34.9. The molecule has 0 spiro atoms. The number of halogens is 7. The minimum atomic E-state index is -3.24. The number of sulfone groups is 2. The Morgan fingerprint density at radius 1 is 0.485 bits per heavy atom. The number of nitrogens with zero attached hydrogens (tertiary/aromatic N) is 12. The van der Waals surface area contributed by atoms with Crippen LogP contribution in [0.5, 0.6) is 0 Å². The van der Waals surface area contributed by atoms with E-state index < -0.39 is 79.5 Å². The van der Waals surface area contributed by atoms with Crippen LogP contribution >= 0.6 is 147 Å². The fourth-order valence-electron chi connectivity index (χ4n) is 10.4. The summed E-state index contributed by atoms with van der Waals surface area (Å²) in [5.74, 6) is -4.68. The summed E-state index contributed by atoms with van der Waals surface area (Å²) in [6.45, 7) is 11.8. The fraction of sp³-hybridized carbons (Fsp3) is 0.165. The van der Waals surface area contributed by atoms with Crippen molar-refractivity contribution in [2.45, 2.75) is 90.4 Å². The van der Waals surface area contributed by atoms with Gasteiger partial charge in [0, 0.05) is 78.6 Å². The normalized spacial score (nSPS) is 10.8. The number of aromatic carboxylic acids is 1. The quantitative estimate of drug-likeness (QED) is 0.0185. The van der Waals surface area contributed by atoms with Gasteiger partial charge < -0.3 is 71.7 Å². The molecule has 0 fully saturated rings. The standard InChI is InChI=1S/C19H20N4O3S.C12H13IN4O.C9H5ClIN3O.2C9H7IN4O.C9H5IN2O3.C7H9BO4S.C6H6IN.C3H9N.2CH4/c1-11(2)21-17-15-9-6-13(10-16(15)22-23-18(17)19(20)24)12-4-7-14(8-5-12)27(3,25)26;1-6(2)15-10-8-4-3-7(13)5-9(8)16-17-11(10)12(14)18;10-7-5-2-1-4(11)3-6(5)13-14-8(7)9(12)15;10-4-1-2-5-6(3-4)13-14-8(7(5)11)9(12)15;10-6-2-1-3-7(4-6)13-14-8(5-11)9(12)15;10-4-1-2-5-6(3-4)11-12-7(8(5)13)9(14)15;1-13(11,12)7-4-2-6(3-5-7)8(9)10;7-5-2-1-3-6(8)4-5;1-3(2)4;;/h4-11H,1-3H3,(H2,20,24)(H,21,22);3-6H,1-2H3,(H2,14,18)(H,15,16);1-3H,(H2,12,15);1-3H,(H2,11,13)(H2,12,15);1-4,8H,(H2,12,15);1-3H,(H,11,13)(H,14,15);2-5,9-10H,1H3;1-4H,8H2;3H,4H2,1-2H3;2*1H4. The number of nitriles is 1. The van der Waals surface area contributed by atoms with Crippen LogP contribution in [0.2, 0.25) is 5.02 Å². The number of aromatic amines is 1. The van der Waals surface area contributed by atoms with Crippen LogP contribution in [0.1, 0.15) is 109 Å². The number of hydrogen-bond donors (Lipinski definition) is 14. The summed E-state index contributed by atoms with van der Waals surface area (Å²) in [6.07, 6.45) is 2.27. The number of hydrogen-bond acceptors (Lipinski definition) is 30. The molecule has 0 radical (unpaired) electrons. The van der Waals surface area contributed by atoms with Crippen LogP contribution in [0.3, 0.4) is 0 Å². The molecule has 692 valence electrons. The van der Waals surface area contributed by atoms with Crippen LogP contribution in [0.4, 0.5) is 28.4 Å². The number of carboxylic acids is 1. The van der Waals surface area contributed by atoms with Crippen LogP contribution in [0.15, 0.2) is 213 Å². The van der Waals surface area contributed by atoms with Gasteiger partial charge in [-0.15, -0.1) is 40.8 Å². The van der Waals surface area contributed by atoms with Gasteiger partial charge in [-0.2, -0.15) is 20.6 Å². The van der Waals surface area contributed by atoms with Crippen molar-refractivity contribution < 1.29 is 60.8 Å². The Bertz CT molecular complexity index is 6780. The topological polar surface area (TPSA) is 661 Å². The molecule has 0 aliphatic carbocycles. The first kappa shape index (κ1) is 113. The number of aromatic nitrogens is 10. The molecule has 47 heteroatoms. The molecular formula is C85H89BClI6N23O14S2. The van der Waals surface area contributed by atoms with Gasteiger partial charge in [-0.3, -0.25) is 33.9 Å². The van der Waals surface area contributed by atoms with E-state index in [1.165, 1.54) is 34.1 Å². The fourth-order valence-corrected chi connectivity index (χ4v) is 15.0. The average molecular weight is 2530 g/mol. The lowest BCUT2D eigenvalue weighted by atomic mass is 9.81. The third-order valence-electron chi connectivity index (χ3n) is 16.2. The number of anilines is 4. The van der Waals surface area contributed by atoms with Crippen molar-refractivity contribution in [3.8, 4) is 17.2 Å². The number of rotatable bonds is 16. The van der Waals surface area contributed by atoms with E-state index in [0.29, 0.717) is 61.3 Å². The van der Waals surface area contributed by atoms with Crippen molar-refractivity contribution in [3.05, 3.63) is 253 Å². The van der Waals surface area contributed by atoms with Crippen LogP contribution in [-0.4, -0.2) is 162 Å². The minimum Gasteiger partial charge on any atom is -0.476 e. The van der Waals surface area contributed by atoms with Crippen molar-refractivity contribution in [1.29, 1.82) is 5.26 Å². The van der Waals surface area contributed by atoms with Crippen LogP contribution < -0.4 is 67.4 Å². The van der Waals surface area contributed by atoms with Crippen molar-refractivity contribution in [3.63, 3.8) is 0 Å². The number of amides is 5. The summed E-state index contributed by atoms with van der Waals surface area (Å²) >= 11 is 19.0. The predicted octanol–water partition coefficient (Wildman–Crippen LogP) is 12.9. The molecule has 5 amide bonds.